The molecule has 0 bridgehead atoms. The molecule has 0 fully saturated rings. The van der Waals surface area contributed by atoms with Crippen LogP contribution in [0.1, 0.15) is 0 Å². The summed E-state index contributed by atoms with van der Waals surface area (Å²) in [4.78, 5) is 0. The minimum Gasteiger partial charge on any atom is -0.399 e. The van der Waals surface area contributed by atoms with Crippen molar-refractivity contribution in [1.29, 1.82) is 0 Å². The van der Waals surface area contributed by atoms with E-state index in [-0.39, 0.29) is 0 Å². The molecule has 0 saturated heterocycles. The van der Waals surface area contributed by atoms with Gasteiger partial charge in [0.1, 0.15) is 0 Å². The summed E-state index contributed by atoms with van der Waals surface area (Å²) in [6, 6.07) is 31.2. The third-order valence-corrected chi connectivity index (χ3v) is 12.0. The monoisotopic (exact) mass is 594 g/mol. The third kappa shape index (κ3) is 8.98. The number of anilines is 4. The van der Waals surface area contributed by atoms with Crippen LogP contribution in [-0.4, -0.2) is 34.4 Å². The van der Waals surface area contributed by atoms with Crippen LogP contribution >= 0.6 is 0 Å². The summed E-state index contributed by atoms with van der Waals surface area (Å²) < 4.78 is 74.4. The minimum atomic E-state index is -5.96. The fourth-order valence-electron chi connectivity index (χ4n) is 2.81. The van der Waals surface area contributed by atoms with Gasteiger partial charge in [0.05, 0.1) is 0 Å². The van der Waals surface area contributed by atoms with E-state index in [4.69, 9.17) is 32.0 Å². The van der Waals surface area contributed by atoms with Gasteiger partial charge in [0.25, 0.3) is 0 Å². The lowest BCUT2D eigenvalue weighted by atomic mass is 10.1. The van der Waals surface area contributed by atoms with Gasteiger partial charge in [-0.3, -0.25) is 9.11 Å². The van der Waals surface area contributed by atoms with Crippen molar-refractivity contribution in [2.24, 2.45) is 0 Å². The lowest BCUT2D eigenvalue weighted by molar-refractivity contribution is 0.484. The molecule has 0 amide bonds. The van der Waals surface area contributed by atoms with Crippen molar-refractivity contribution in [3.8, 4) is 22.3 Å². The first-order valence-corrected chi connectivity index (χ1v) is 16.0. The lowest BCUT2D eigenvalue weighted by Gasteiger charge is -2.02. The molecular weight excluding hydrogens is 568 g/mol. The zero-order valence-corrected chi connectivity index (χ0v) is 22.6. The summed E-state index contributed by atoms with van der Waals surface area (Å²) in [6.07, 6.45) is 0. The van der Waals surface area contributed by atoms with Crippen LogP contribution in [0.2, 0.25) is 0 Å². The van der Waals surface area contributed by atoms with Gasteiger partial charge in [0, 0.05) is 22.7 Å². The van der Waals surface area contributed by atoms with Crippen LogP contribution in [0.5, 0.6) is 0 Å². The van der Waals surface area contributed by atoms with Crippen molar-refractivity contribution in [1.82, 2.24) is 0 Å². The van der Waals surface area contributed by atoms with Crippen LogP contribution in [0, 0.1) is 0 Å². The van der Waals surface area contributed by atoms with Crippen LogP contribution in [0.4, 0.5) is 22.7 Å². The predicted octanol–water partition coefficient (Wildman–Crippen LogP) is 3.04. The lowest BCUT2D eigenvalue weighted by Crippen LogP contribution is -2.22. The van der Waals surface area contributed by atoms with Gasteiger partial charge in [-0.1, -0.05) is 48.5 Å². The highest BCUT2D eigenvalue weighted by Gasteiger charge is 2.40. The first-order chi connectivity index (χ1) is 18.0. The summed E-state index contributed by atoms with van der Waals surface area (Å²) in [5, 5.41) is 0. The van der Waals surface area contributed by atoms with Crippen molar-refractivity contribution in [2.45, 2.75) is 0 Å². The van der Waals surface area contributed by atoms with Gasteiger partial charge in [-0.05, 0) is 70.8 Å². The van der Waals surface area contributed by atoms with Crippen molar-refractivity contribution in [3.05, 3.63) is 97.1 Å². The second-order valence-electron chi connectivity index (χ2n) is 7.75. The highest BCUT2D eigenvalue weighted by atomic mass is 33.6. The molecule has 4 aromatic carbocycles. The van der Waals surface area contributed by atoms with Crippen LogP contribution < -0.4 is 22.9 Å². The molecule has 0 aromatic heterocycles. The molecule has 4 rings (SSSR count). The van der Waals surface area contributed by atoms with Crippen molar-refractivity contribution in [2.75, 3.05) is 22.9 Å². The largest absolute Gasteiger partial charge is 0.406 e. The Hall–Kier alpha value is -4.15. The van der Waals surface area contributed by atoms with E-state index in [1.54, 1.807) is 0 Å². The molecule has 0 aliphatic rings. The number of hydrogen-bond acceptors (Lipinski definition) is 10. The molecule has 0 heterocycles. The molecule has 4 aromatic rings. The minimum absolute atomic E-state index is 0.782. The molecule has 0 unspecified atom stereocenters. The molecule has 0 radical (unpaired) electrons. The fraction of sp³-hybridized carbons (Fsp3) is 0. The average molecular weight is 595 g/mol. The first-order valence-electron chi connectivity index (χ1n) is 10.6. The van der Waals surface area contributed by atoms with Gasteiger partial charge in [-0.25, -0.2) is 0 Å². The highest BCUT2D eigenvalue weighted by molar-refractivity contribution is 8.97. The molecular formula is C24H26N4O8S3. The first kappa shape index (κ1) is 31.1. The number of hydrogen-bond donors (Lipinski definition) is 6. The molecule has 15 heteroatoms. The molecule has 0 saturated carbocycles. The Kier molecular flexibility index (Phi) is 10.0. The molecule has 0 aliphatic carbocycles. The van der Waals surface area contributed by atoms with Crippen LogP contribution in [-0.2, 0) is 26.2 Å². The number of nitrogens with two attached hydrogens (primary N) is 4. The van der Waals surface area contributed by atoms with Gasteiger partial charge in [-0.2, -0.15) is 25.3 Å². The fourth-order valence-corrected chi connectivity index (χ4v) is 5.64. The van der Waals surface area contributed by atoms with Gasteiger partial charge < -0.3 is 22.9 Å². The second-order valence-corrected chi connectivity index (χ2v) is 16.1. The van der Waals surface area contributed by atoms with Crippen LogP contribution in [0.3, 0.4) is 0 Å². The Morgan fingerprint density at radius 3 is 0.615 bits per heavy atom. The quantitative estimate of drug-likeness (QED) is 0.113. The Morgan fingerprint density at radius 1 is 0.359 bits per heavy atom. The second kappa shape index (κ2) is 12.6. The van der Waals surface area contributed by atoms with Gasteiger partial charge in [-0.15, -0.1) is 0 Å². The number of rotatable bonds is 4. The van der Waals surface area contributed by atoms with Gasteiger partial charge in [0.15, 0.2) is 0 Å². The maximum Gasteiger partial charge on any atom is 0.406 e. The van der Waals surface area contributed by atoms with Gasteiger partial charge >= 0.3 is 26.2 Å². The van der Waals surface area contributed by atoms with Crippen molar-refractivity contribution in [3.63, 3.8) is 0 Å². The third-order valence-electron chi connectivity index (χ3n) is 4.83. The maximum atomic E-state index is 10.00. The molecule has 12 nitrogen and oxygen atoms in total. The topological polar surface area (TPSA) is 247 Å². The Bertz CT molecular complexity index is 1500. The summed E-state index contributed by atoms with van der Waals surface area (Å²) in [6.45, 7) is 0. The SMILES string of the molecule is Nc1ccc(-c2ccc(N)cc2)cc1.Nc1ccc(-c2ccc(N)cc2)cc1.O=S(=O)(O)S(=O)(=O)S(=O)(=O)O. The van der Waals surface area contributed by atoms with Crippen LogP contribution in [0.15, 0.2) is 97.1 Å². The van der Waals surface area contributed by atoms with E-state index in [0.717, 1.165) is 45.0 Å². The Labute approximate surface area is 225 Å². The van der Waals surface area contributed by atoms with Crippen LogP contribution in [0.25, 0.3) is 22.3 Å². The molecule has 39 heavy (non-hydrogen) atoms. The van der Waals surface area contributed by atoms with Crippen molar-refractivity contribution < 1.29 is 34.4 Å². The molecule has 0 atom stereocenters. The van der Waals surface area contributed by atoms with E-state index >= 15 is 0 Å². The number of nitrogen functional groups attached to an aromatic ring is 4. The van der Waals surface area contributed by atoms with Crippen molar-refractivity contribution >= 4 is 49.0 Å². The number of benzene rings is 4. The smallest absolute Gasteiger partial charge is 0.399 e. The predicted molar refractivity (Wildman–Crippen MR) is 153 cm³/mol. The van der Waals surface area contributed by atoms with E-state index in [1.807, 2.05) is 97.1 Å². The summed E-state index contributed by atoms with van der Waals surface area (Å²) >= 11 is 0. The maximum absolute atomic E-state index is 10.00. The molecule has 0 spiro atoms. The molecule has 208 valence electrons. The van der Waals surface area contributed by atoms with E-state index < -0.39 is 26.2 Å². The van der Waals surface area contributed by atoms with E-state index in [0.29, 0.717) is 0 Å². The molecule has 10 N–H and O–H groups in total. The summed E-state index contributed by atoms with van der Waals surface area (Å²) in [7, 11) is -17.6. The zero-order chi connectivity index (χ0) is 29.4. The van der Waals surface area contributed by atoms with Gasteiger partial charge in [0.2, 0.25) is 0 Å². The summed E-state index contributed by atoms with van der Waals surface area (Å²) in [5.74, 6) is 0. The van der Waals surface area contributed by atoms with E-state index in [9.17, 15) is 25.3 Å². The summed E-state index contributed by atoms with van der Waals surface area (Å²) in [5.41, 5.74) is 30.2. The Balaban J connectivity index is 0.000000208. The van der Waals surface area contributed by atoms with E-state index in [1.165, 1.54) is 0 Å². The molecule has 0 aliphatic heterocycles. The standard InChI is InChI=1S/2C12H12N2.H2O8S3/c2*13-11-5-1-9(2-6-11)10-3-7-12(14)8-4-10;1-9(2,3)11(7,8)10(4,5)6/h2*1-8H,13-14H2;(H,1,2,3)(H,4,5,6). The average Bonchev–Trinajstić information content (AvgIpc) is 2.86. The Morgan fingerprint density at radius 2 is 0.513 bits per heavy atom. The normalized spacial score (nSPS) is 11.3. The zero-order valence-electron chi connectivity index (χ0n) is 20.1. The highest BCUT2D eigenvalue weighted by Crippen LogP contribution is 2.22. The van der Waals surface area contributed by atoms with E-state index in [2.05, 4.69) is 0 Å².